The van der Waals surface area contributed by atoms with Gasteiger partial charge in [0.05, 0.1) is 17.3 Å². The second kappa shape index (κ2) is 5.63. The van der Waals surface area contributed by atoms with Crippen molar-refractivity contribution in [3.8, 4) is 0 Å². The minimum absolute atomic E-state index is 0.0191. The Balaban J connectivity index is 2.86. The molecule has 2 N–H and O–H groups in total. The zero-order chi connectivity index (χ0) is 12.2. The maximum Gasteiger partial charge on any atom is 0.178 e. The highest BCUT2D eigenvalue weighted by Gasteiger charge is 2.14. The summed E-state index contributed by atoms with van der Waals surface area (Å²) in [6.07, 6.45) is 0.376. The smallest absolute Gasteiger partial charge is 0.178 e. The number of hydrogen-bond donors (Lipinski definition) is 1. The largest absolute Gasteiger partial charge is 0.305 e. The van der Waals surface area contributed by atoms with Gasteiger partial charge in [0.15, 0.2) is 9.84 Å². The Morgan fingerprint density at radius 2 is 2.12 bits per heavy atom. The lowest BCUT2D eigenvalue weighted by atomic mass is 10.2. The lowest BCUT2D eigenvalue weighted by Crippen LogP contribution is -2.11. The van der Waals surface area contributed by atoms with Crippen LogP contribution in [0.25, 0.3) is 0 Å². The fourth-order valence-corrected chi connectivity index (χ4v) is 2.74. The van der Waals surface area contributed by atoms with Crippen molar-refractivity contribution in [3.63, 3.8) is 0 Å². The van der Waals surface area contributed by atoms with Gasteiger partial charge in [-0.2, -0.15) is 0 Å². The average molecular weight is 264 g/mol. The van der Waals surface area contributed by atoms with Crippen LogP contribution >= 0.6 is 11.6 Å². The zero-order valence-corrected chi connectivity index (χ0v) is 10.5. The Morgan fingerprint density at radius 1 is 1.44 bits per heavy atom. The molecular formula is C10H14ClNO3S. The molecule has 0 bridgehead atoms. The second-order valence-electron chi connectivity index (χ2n) is 3.45. The van der Waals surface area contributed by atoms with Crippen molar-refractivity contribution in [2.75, 3.05) is 12.4 Å². The van der Waals surface area contributed by atoms with Crippen molar-refractivity contribution < 1.29 is 13.3 Å². The summed E-state index contributed by atoms with van der Waals surface area (Å²) in [4.78, 5) is 4.61. The number of nitrogens with two attached hydrogens (primary N) is 1. The van der Waals surface area contributed by atoms with Crippen molar-refractivity contribution in [2.24, 2.45) is 5.90 Å². The number of halogens is 1. The van der Waals surface area contributed by atoms with Crippen LogP contribution in [0.3, 0.4) is 0 Å². The van der Waals surface area contributed by atoms with Crippen LogP contribution in [0.4, 0.5) is 0 Å². The summed E-state index contributed by atoms with van der Waals surface area (Å²) in [5, 5.41) is 0.559. The summed E-state index contributed by atoms with van der Waals surface area (Å²) < 4.78 is 23.7. The van der Waals surface area contributed by atoms with Gasteiger partial charge in [0.2, 0.25) is 0 Å². The molecule has 0 heterocycles. The SMILES string of the molecule is Cc1cc(S(=O)(=O)CCCON)ccc1Cl. The fourth-order valence-electron chi connectivity index (χ4n) is 1.26. The lowest BCUT2D eigenvalue weighted by molar-refractivity contribution is 0.139. The van der Waals surface area contributed by atoms with Gasteiger partial charge in [-0.15, -0.1) is 0 Å². The summed E-state index contributed by atoms with van der Waals surface area (Å²) in [5.41, 5.74) is 0.748. The number of sulfone groups is 1. The Bertz CT molecular complexity index is 459. The van der Waals surface area contributed by atoms with Crippen LogP contribution in [0.5, 0.6) is 0 Å². The molecule has 0 fully saturated rings. The van der Waals surface area contributed by atoms with Gasteiger partial charge in [0, 0.05) is 5.02 Å². The highest BCUT2D eigenvalue weighted by Crippen LogP contribution is 2.20. The van der Waals surface area contributed by atoms with Crippen LogP contribution in [-0.4, -0.2) is 20.8 Å². The molecule has 0 saturated heterocycles. The molecule has 0 spiro atoms. The Hall–Kier alpha value is -0.620. The molecule has 1 aromatic rings. The monoisotopic (exact) mass is 263 g/mol. The van der Waals surface area contributed by atoms with Crippen molar-refractivity contribution in [1.29, 1.82) is 0 Å². The minimum atomic E-state index is -3.27. The molecule has 1 rings (SSSR count). The topological polar surface area (TPSA) is 69.4 Å². The molecule has 0 aliphatic heterocycles. The van der Waals surface area contributed by atoms with E-state index in [9.17, 15) is 8.42 Å². The molecule has 0 unspecified atom stereocenters. The molecule has 90 valence electrons. The first-order chi connectivity index (χ1) is 7.47. The summed E-state index contributed by atoms with van der Waals surface area (Å²) in [6, 6.07) is 4.66. The first-order valence-corrected chi connectivity index (χ1v) is 6.81. The molecule has 0 radical (unpaired) electrons. The number of benzene rings is 1. The van der Waals surface area contributed by atoms with E-state index in [0.29, 0.717) is 11.4 Å². The van der Waals surface area contributed by atoms with E-state index in [0.717, 1.165) is 5.56 Å². The Morgan fingerprint density at radius 3 is 2.69 bits per heavy atom. The van der Waals surface area contributed by atoms with Gasteiger partial charge in [0.1, 0.15) is 0 Å². The zero-order valence-electron chi connectivity index (χ0n) is 8.94. The van der Waals surface area contributed by atoms with Crippen LogP contribution in [0.1, 0.15) is 12.0 Å². The van der Waals surface area contributed by atoms with E-state index in [1.807, 2.05) is 0 Å². The van der Waals surface area contributed by atoms with Crippen molar-refractivity contribution in [1.82, 2.24) is 0 Å². The van der Waals surface area contributed by atoms with E-state index in [1.54, 1.807) is 19.1 Å². The van der Waals surface area contributed by atoms with Crippen molar-refractivity contribution in [2.45, 2.75) is 18.2 Å². The van der Waals surface area contributed by atoms with E-state index in [4.69, 9.17) is 17.5 Å². The van der Waals surface area contributed by atoms with Gasteiger partial charge < -0.3 is 4.84 Å². The number of aryl methyl sites for hydroxylation is 1. The molecule has 0 amide bonds. The van der Waals surface area contributed by atoms with Crippen LogP contribution < -0.4 is 5.90 Å². The van der Waals surface area contributed by atoms with Gasteiger partial charge in [0.25, 0.3) is 0 Å². The molecular weight excluding hydrogens is 250 g/mol. The van der Waals surface area contributed by atoms with Gasteiger partial charge in [-0.3, -0.25) is 0 Å². The highest BCUT2D eigenvalue weighted by atomic mass is 35.5. The van der Waals surface area contributed by atoms with E-state index in [1.165, 1.54) is 6.07 Å². The molecule has 4 nitrogen and oxygen atoms in total. The Labute approximate surface area is 100 Å². The molecule has 0 aliphatic carbocycles. The molecule has 1 aromatic carbocycles. The molecule has 0 aliphatic rings. The van der Waals surface area contributed by atoms with Crippen LogP contribution in [0.2, 0.25) is 5.02 Å². The maximum atomic E-state index is 11.8. The third-order valence-electron chi connectivity index (χ3n) is 2.16. The summed E-state index contributed by atoms with van der Waals surface area (Å²) >= 11 is 5.83. The first-order valence-electron chi connectivity index (χ1n) is 4.78. The predicted octanol–water partition coefficient (Wildman–Crippen LogP) is 1.70. The summed E-state index contributed by atoms with van der Waals surface area (Å²) in [7, 11) is -3.27. The molecule has 6 heteroatoms. The second-order valence-corrected chi connectivity index (χ2v) is 5.97. The third kappa shape index (κ3) is 3.45. The van der Waals surface area contributed by atoms with Crippen LogP contribution in [-0.2, 0) is 14.7 Å². The molecule has 0 aromatic heterocycles. The van der Waals surface area contributed by atoms with Gasteiger partial charge in [-0.1, -0.05) is 11.6 Å². The van der Waals surface area contributed by atoms with Crippen molar-refractivity contribution >= 4 is 21.4 Å². The summed E-state index contributed by atoms with van der Waals surface area (Å²) in [6.45, 7) is 2.00. The third-order valence-corrected chi connectivity index (χ3v) is 4.39. The molecule has 0 atom stereocenters. The van der Waals surface area contributed by atoms with E-state index in [2.05, 4.69) is 4.84 Å². The van der Waals surface area contributed by atoms with E-state index < -0.39 is 9.84 Å². The summed E-state index contributed by atoms with van der Waals surface area (Å²) in [5.74, 6) is 4.85. The van der Waals surface area contributed by atoms with E-state index >= 15 is 0 Å². The maximum absolute atomic E-state index is 11.8. The lowest BCUT2D eigenvalue weighted by Gasteiger charge is -2.05. The number of hydrogen-bond acceptors (Lipinski definition) is 4. The minimum Gasteiger partial charge on any atom is -0.305 e. The molecule has 16 heavy (non-hydrogen) atoms. The van der Waals surface area contributed by atoms with E-state index in [-0.39, 0.29) is 17.3 Å². The molecule has 0 saturated carbocycles. The highest BCUT2D eigenvalue weighted by molar-refractivity contribution is 7.91. The number of rotatable bonds is 5. The van der Waals surface area contributed by atoms with Gasteiger partial charge >= 0.3 is 0 Å². The van der Waals surface area contributed by atoms with Crippen LogP contribution in [0.15, 0.2) is 23.1 Å². The quantitative estimate of drug-likeness (QED) is 0.649. The fraction of sp³-hybridized carbons (Fsp3) is 0.400. The average Bonchev–Trinajstić information content (AvgIpc) is 2.22. The van der Waals surface area contributed by atoms with Gasteiger partial charge in [-0.25, -0.2) is 14.3 Å². The standard InChI is InChI=1S/C10H14ClNO3S/c1-8-7-9(3-4-10(8)11)16(13,14)6-2-5-15-12/h3-4,7H,2,5-6,12H2,1H3. The predicted molar refractivity (Wildman–Crippen MR) is 63.0 cm³/mol. The Kier molecular flexibility index (Phi) is 4.73. The first kappa shape index (κ1) is 13.4. The van der Waals surface area contributed by atoms with Crippen LogP contribution in [0, 0.1) is 6.92 Å². The van der Waals surface area contributed by atoms with Crippen molar-refractivity contribution in [3.05, 3.63) is 28.8 Å². The normalized spacial score (nSPS) is 11.7. The van der Waals surface area contributed by atoms with Gasteiger partial charge in [-0.05, 0) is 37.1 Å².